The molecule has 7 nitrogen and oxygen atoms in total. The lowest BCUT2D eigenvalue weighted by molar-refractivity contribution is -0.138. The smallest absolute Gasteiger partial charge is 0.349 e. The molecule has 0 radical (unpaired) electrons. The standard InChI is InChI=1S/C19H27N3O4/c1-6-25-17(23)15(18(24)26-7-2)16(20)22-21-12-13-8-10-14(11-9-13)19(3,4)5/h8-12,23H,6-7H2,1-5H3,(H2,20,22)/b17-15+,21-12+. The third-order valence-electron chi connectivity index (χ3n) is 3.38. The molecule has 7 heteroatoms. The second-order valence-corrected chi connectivity index (χ2v) is 6.44. The van der Waals surface area contributed by atoms with E-state index in [9.17, 15) is 9.90 Å². The van der Waals surface area contributed by atoms with Crippen LogP contribution < -0.4 is 5.73 Å². The molecule has 3 N–H and O–H groups in total. The molecule has 0 aliphatic heterocycles. The lowest BCUT2D eigenvalue weighted by Gasteiger charge is -2.18. The zero-order valence-corrected chi connectivity index (χ0v) is 15.9. The van der Waals surface area contributed by atoms with Crippen molar-refractivity contribution < 1.29 is 19.4 Å². The predicted molar refractivity (Wildman–Crippen MR) is 102 cm³/mol. The number of rotatable bonds is 7. The van der Waals surface area contributed by atoms with E-state index in [-0.39, 0.29) is 30.0 Å². The van der Waals surface area contributed by atoms with E-state index < -0.39 is 11.9 Å². The first-order valence-corrected chi connectivity index (χ1v) is 8.41. The Balaban J connectivity index is 3.00. The van der Waals surface area contributed by atoms with Gasteiger partial charge in [0.25, 0.3) is 5.95 Å². The molecule has 0 aliphatic carbocycles. The quantitative estimate of drug-likeness (QED) is 0.194. The fourth-order valence-electron chi connectivity index (χ4n) is 1.99. The van der Waals surface area contributed by atoms with Gasteiger partial charge in [0.2, 0.25) is 0 Å². The predicted octanol–water partition coefficient (Wildman–Crippen LogP) is 3.04. The minimum atomic E-state index is -0.829. The van der Waals surface area contributed by atoms with Gasteiger partial charge in [-0.15, -0.1) is 5.10 Å². The van der Waals surface area contributed by atoms with Crippen LogP contribution >= 0.6 is 0 Å². The molecule has 0 saturated heterocycles. The van der Waals surface area contributed by atoms with Gasteiger partial charge >= 0.3 is 5.97 Å². The number of nitrogens with two attached hydrogens (primary N) is 1. The first kappa shape index (κ1) is 21.2. The van der Waals surface area contributed by atoms with E-state index in [1.165, 1.54) is 11.8 Å². The highest BCUT2D eigenvalue weighted by molar-refractivity contribution is 6.18. The van der Waals surface area contributed by atoms with Gasteiger partial charge in [0.1, 0.15) is 0 Å². The Labute approximate surface area is 154 Å². The highest BCUT2D eigenvalue weighted by Crippen LogP contribution is 2.21. The normalized spacial score (nSPS) is 13.5. The van der Waals surface area contributed by atoms with Crippen LogP contribution in [-0.2, 0) is 19.7 Å². The molecular weight excluding hydrogens is 334 g/mol. The highest BCUT2D eigenvalue weighted by atomic mass is 16.6. The number of aliphatic hydroxyl groups excluding tert-OH is 1. The first-order chi connectivity index (χ1) is 12.2. The molecule has 0 aromatic heterocycles. The molecular formula is C19H27N3O4. The summed E-state index contributed by atoms with van der Waals surface area (Å²) >= 11 is 0. The minimum absolute atomic E-state index is 0.0639. The summed E-state index contributed by atoms with van der Waals surface area (Å²) in [5.41, 5.74) is 7.50. The van der Waals surface area contributed by atoms with Crippen molar-refractivity contribution in [3.05, 3.63) is 46.9 Å². The second-order valence-electron chi connectivity index (χ2n) is 6.44. The van der Waals surface area contributed by atoms with Gasteiger partial charge in [-0.1, -0.05) is 45.0 Å². The Morgan fingerprint density at radius 1 is 1.15 bits per heavy atom. The molecule has 0 atom stereocenters. The van der Waals surface area contributed by atoms with Crippen molar-refractivity contribution >= 4 is 18.0 Å². The number of carbonyl (C=O) groups excluding carboxylic acids is 1. The molecule has 0 spiro atoms. The van der Waals surface area contributed by atoms with Crippen LogP contribution in [-0.4, -0.2) is 36.3 Å². The number of amidine groups is 1. The zero-order chi connectivity index (χ0) is 19.7. The largest absolute Gasteiger partial charge is 0.480 e. The molecule has 26 heavy (non-hydrogen) atoms. The Morgan fingerprint density at radius 3 is 2.23 bits per heavy atom. The monoisotopic (exact) mass is 361 g/mol. The number of carbonyl (C=O) groups is 1. The summed E-state index contributed by atoms with van der Waals surface area (Å²) in [6, 6.07) is 7.85. The number of esters is 1. The van der Waals surface area contributed by atoms with Gasteiger partial charge in [-0.25, -0.2) is 4.79 Å². The molecule has 1 rings (SSSR count). The van der Waals surface area contributed by atoms with Crippen molar-refractivity contribution in [1.82, 2.24) is 0 Å². The maximum absolute atomic E-state index is 11.9. The van der Waals surface area contributed by atoms with E-state index in [1.807, 2.05) is 24.3 Å². The molecule has 1 aromatic rings. The lowest BCUT2D eigenvalue weighted by Crippen LogP contribution is -2.25. The van der Waals surface area contributed by atoms with E-state index in [1.54, 1.807) is 13.8 Å². The van der Waals surface area contributed by atoms with Crippen molar-refractivity contribution in [2.24, 2.45) is 15.9 Å². The summed E-state index contributed by atoms with van der Waals surface area (Å²) in [4.78, 5) is 11.9. The summed E-state index contributed by atoms with van der Waals surface area (Å²) in [5, 5.41) is 17.5. The van der Waals surface area contributed by atoms with Crippen LogP contribution in [0.1, 0.15) is 45.7 Å². The molecule has 0 saturated carbocycles. The summed E-state index contributed by atoms with van der Waals surface area (Å²) in [6.45, 7) is 9.98. The van der Waals surface area contributed by atoms with Crippen molar-refractivity contribution in [3.63, 3.8) is 0 Å². The second kappa shape index (κ2) is 9.60. The van der Waals surface area contributed by atoms with Crippen LogP contribution in [0.15, 0.2) is 46.0 Å². The van der Waals surface area contributed by atoms with E-state index in [0.29, 0.717) is 0 Å². The van der Waals surface area contributed by atoms with Crippen molar-refractivity contribution in [3.8, 4) is 0 Å². The summed E-state index contributed by atoms with van der Waals surface area (Å²) < 4.78 is 9.78. The number of nitrogens with zero attached hydrogens (tertiary/aromatic N) is 2. The van der Waals surface area contributed by atoms with Crippen LogP contribution in [0.25, 0.3) is 0 Å². The van der Waals surface area contributed by atoms with E-state index in [4.69, 9.17) is 15.2 Å². The molecule has 142 valence electrons. The van der Waals surface area contributed by atoms with Crippen molar-refractivity contribution in [2.45, 2.75) is 40.0 Å². The average molecular weight is 361 g/mol. The number of ether oxygens (including phenoxy) is 2. The van der Waals surface area contributed by atoms with Crippen LogP contribution in [0.5, 0.6) is 0 Å². The van der Waals surface area contributed by atoms with Crippen LogP contribution in [0.4, 0.5) is 0 Å². The van der Waals surface area contributed by atoms with Gasteiger partial charge in [0.15, 0.2) is 11.4 Å². The number of aliphatic hydroxyl groups is 1. The fraction of sp³-hybridized carbons (Fsp3) is 0.421. The first-order valence-electron chi connectivity index (χ1n) is 8.41. The number of benzene rings is 1. The topological polar surface area (TPSA) is 107 Å². The summed E-state index contributed by atoms with van der Waals surface area (Å²) in [7, 11) is 0. The van der Waals surface area contributed by atoms with Gasteiger partial charge < -0.3 is 20.3 Å². The minimum Gasteiger partial charge on any atom is -0.480 e. The molecule has 0 heterocycles. The molecule has 1 aromatic carbocycles. The van der Waals surface area contributed by atoms with Gasteiger partial charge in [0.05, 0.1) is 19.4 Å². The van der Waals surface area contributed by atoms with Crippen molar-refractivity contribution in [2.75, 3.05) is 13.2 Å². The van der Waals surface area contributed by atoms with Gasteiger partial charge in [-0.3, -0.25) is 0 Å². The van der Waals surface area contributed by atoms with Gasteiger partial charge in [0, 0.05) is 0 Å². The Hall–Kier alpha value is -2.83. The highest BCUT2D eigenvalue weighted by Gasteiger charge is 2.22. The number of hydrogen-bond acceptors (Lipinski definition) is 6. The summed E-state index contributed by atoms with van der Waals surface area (Å²) in [6.07, 6.45) is 1.50. The molecule has 0 bridgehead atoms. The Bertz CT molecular complexity index is 698. The third kappa shape index (κ3) is 6.23. The third-order valence-corrected chi connectivity index (χ3v) is 3.38. The van der Waals surface area contributed by atoms with Crippen molar-refractivity contribution in [1.29, 1.82) is 0 Å². The SMILES string of the molecule is CCOC(=O)C(/C(N)=N/N=C/c1ccc(C(C)(C)C)cc1)=C(\O)OCC. The van der Waals surface area contributed by atoms with Gasteiger partial charge in [-0.05, 0) is 30.4 Å². The number of hydrogen-bond donors (Lipinski definition) is 2. The van der Waals surface area contributed by atoms with Crippen LogP contribution in [0.3, 0.4) is 0 Å². The Morgan fingerprint density at radius 2 is 1.73 bits per heavy atom. The zero-order valence-electron chi connectivity index (χ0n) is 15.9. The van der Waals surface area contributed by atoms with E-state index in [0.717, 1.165) is 5.56 Å². The van der Waals surface area contributed by atoms with Gasteiger partial charge in [-0.2, -0.15) is 5.10 Å². The fourth-order valence-corrected chi connectivity index (χ4v) is 1.99. The average Bonchev–Trinajstić information content (AvgIpc) is 2.55. The molecule has 0 aliphatic rings. The maximum atomic E-state index is 11.9. The van der Waals surface area contributed by atoms with Crippen LogP contribution in [0.2, 0.25) is 0 Å². The Kier molecular flexibility index (Phi) is 7.83. The lowest BCUT2D eigenvalue weighted by atomic mass is 9.87. The molecule has 0 amide bonds. The molecule has 0 fully saturated rings. The molecule has 0 unspecified atom stereocenters. The van der Waals surface area contributed by atoms with E-state index in [2.05, 4.69) is 31.0 Å². The maximum Gasteiger partial charge on any atom is 0.349 e. The van der Waals surface area contributed by atoms with E-state index >= 15 is 0 Å². The summed E-state index contributed by atoms with van der Waals surface area (Å²) in [5.74, 6) is -1.77. The van der Waals surface area contributed by atoms with Crippen LogP contribution in [0, 0.1) is 0 Å².